The molecule has 0 radical (unpaired) electrons. The molecule has 1 heterocycles. The summed E-state index contributed by atoms with van der Waals surface area (Å²) in [5.41, 5.74) is 3.75. The van der Waals surface area contributed by atoms with Crippen LogP contribution in [0, 0.1) is 11.3 Å². The number of rotatable bonds is 2. The van der Waals surface area contributed by atoms with Gasteiger partial charge in [-0.15, -0.1) is 0 Å². The highest BCUT2D eigenvalue weighted by molar-refractivity contribution is 7.89. The second-order valence-electron chi connectivity index (χ2n) is 4.73. The van der Waals surface area contributed by atoms with Gasteiger partial charge in [-0.3, -0.25) is 0 Å². The smallest absolute Gasteiger partial charge is 0.326 e. The number of nitriles is 1. The van der Waals surface area contributed by atoms with Crippen LogP contribution in [0.15, 0.2) is 23.1 Å². The summed E-state index contributed by atoms with van der Waals surface area (Å²) < 4.78 is 64.2. The molecule has 0 spiro atoms. The lowest BCUT2D eigenvalue weighted by Gasteiger charge is -2.17. The zero-order valence-corrected chi connectivity index (χ0v) is 11.6. The summed E-state index contributed by atoms with van der Waals surface area (Å²) in [5, 5.41) is 8.70. The van der Waals surface area contributed by atoms with E-state index in [0.29, 0.717) is 12.5 Å². The zero-order valence-electron chi connectivity index (χ0n) is 10.8. The van der Waals surface area contributed by atoms with Gasteiger partial charge in [-0.1, -0.05) is 0 Å². The summed E-state index contributed by atoms with van der Waals surface area (Å²) in [6.45, 7) is 0.245. The highest BCUT2D eigenvalue weighted by Gasteiger charge is 2.37. The largest absolute Gasteiger partial charge is 0.417 e. The Bertz CT molecular complexity index is 695. The minimum Gasteiger partial charge on any atom is -0.326 e. The van der Waals surface area contributed by atoms with Crippen molar-refractivity contribution >= 4 is 10.0 Å². The molecule has 1 aromatic carbocycles. The molecule has 1 aliphatic rings. The molecule has 0 saturated carbocycles. The molecular formula is C12H12F3N3O2S. The van der Waals surface area contributed by atoms with Crippen LogP contribution in [0.25, 0.3) is 0 Å². The number of halogens is 3. The van der Waals surface area contributed by atoms with Crippen molar-refractivity contribution in [2.45, 2.75) is 23.5 Å². The van der Waals surface area contributed by atoms with Crippen molar-refractivity contribution in [1.82, 2.24) is 4.31 Å². The number of alkyl halides is 3. The van der Waals surface area contributed by atoms with Gasteiger partial charge in [0.15, 0.2) is 0 Å². The maximum Gasteiger partial charge on any atom is 0.417 e. The summed E-state index contributed by atoms with van der Waals surface area (Å²) in [6, 6.07) is 3.46. The Kier molecular flexibility index (Phi) is 3.97. The molecule has 1 unspecified atom stereocenters. The molecule has 9 heteroatoms. The second-order valence-corrected chi connectivity index (χ2v) is 6.67. The van der Waals surface area contributed by atoms with Crippen LogP contribution >= 0.6 is 0 Å². The summed E-state index contributed by atoms with van der Waals surface area (Å²) >= 11 is 0. The molecule has 1 aliphatic heterocycles. The summed E-state index contributed by atoms with van der Waals surface area (Å²) in [5.74, 6) is 0. The van der Waals surface area contributed by atoms with E-state index in [1.165, 1.54) is 6.07 Å². The van der Waals surface area contributed by atoms with E-state index in [9.17, 15) is 21.6 Å². The molecule has 1 aromatic rings. The molecule has 2 N–H and O–H groups in total. The van der Waals surface area contributed by atoms with Gasteiger partial charge < -0.3 is 5.73 Å². The lowest BCUT2D eigenvalue weighted by molar-refractivity contribution is -0.137. The van der Waals surface area contributed by atoms with E-state index in [1.54, 1.807) is 0 Å². The van der Waals surface area contributed by atoms with Crippen LogP contribution in [-0.4, -0.2) is 31.9 Å². The Balaban J connectivity index is 2.48. The molecule has 21 heavy (non-hydrogen) atoms. The first-order chi connectivity index (χ1) is 9.66. The van der Waals surface area contributed by atoms with Gasteiger partial charge in [-0.2, -0.15) is 22.7 Å². The summed E-state index contributed by atoms with van der Waals surface area (Å²) in [7, 11) is -4.04. The van der Waals surface area contributed by atoms with Crippen LogP contribution in [0.4, 0.5) is 13.2 Å². The first kappa shape index (κ1) is 15.8. The predicted molar refractivity (Wildman–Crippen MR) is 67.5 cm³/mol. The molecule has 0 aliphatic carbocycles. The quantitative estimate of drug-likeness (QED) is 0.890. The van der Waals surface area contributed by atoms with Crippen LogP contribution in [0.3, 0.4) is 0 Å². The van der Waals surface area contributed by atoms with Crippen molar-refractivity contribution in [2.24, 2.45) is 5.73 Å². The highest BCUT2D eigenvalue weighted by atomic mass is 32.2. The lowest BCUT2D eigenvalue weighted by Crippen LogP contribution is -2.32. The number of nitrogens with zero attached hydrogens (tertiary/aromatic N) is 2. The first-order valence-electron chi connectivity index (χ1n) is 6.03. The monoisotopic (exact) mass is 319 g/mol. The normalized spacial score (nSPS) is 20.4. The standard InChI is InChI=1S/C12H12F3N3O2S/c13-12(14,15)11-5-10(2-1-8(11)6-16)21(19,20)18-4-3-9(17)7-18/h1-2,5,9H,3-4,7,17H2. The zero-order chi connectivity index (χ0) is 15.8. The van der Waals surface area contributed by atoms with E-state index < -0.39 is 32.2 Å². The van der Waals surface area contributed by atoms with E-state index in [-0.39, 0.29) is 19.1 Å². The van der Waals surface area contributed by atoms with Crippen molar-refractivity contribution in [2.75, 3.05) is 13.1 Å². The molecule has 1 saturated heterocycles. The van der Waals surface area contributed by atoms with Crippen molar-refractivity contribution in [3.8, 4) is 6.07 Å². The molecule has 2 rings (SSSR count). The Hall–Kier alpha value is -1.63. The molecule has 0 bridgehead atoms. The van der Waals surface area contributed by atoms with Gasteiger partial charge in [0.2, 0.25) is 10.0 Å². The topological polar surface area (TPSA) is 87.2 Å². The molecule has 1 atom stereocenters. The minimum absolute atomic E-state index is 0.0731. The first-order valence-corrected chi connectivity index (χ1v) is 7.47. The van der Waals surface area contributed by atoms with Gasteiger partial charge in [0.05, 0.1) is 22.1 Å². The minimum atomic E-state index is -4.79. The molecule has 0 aromatic heterocycles. The van der Waals surface area contributed by atoms with Gasteiger partial charge in [-0.05, 0) is 24.6 Å². The number of hydrogen-bond acceptors (Lipinski definition) is 4. The third-order valence-electron chi connectivity index (χ3n) is 3.24. The van der Waals surface area contributed by atoms with Crippen LogP contribution in [-0.2, 0) is 16.2 Å². The van der Waals surface area contributed by atoms with Crippen LogP contribution in [0.5, 0.6) is 0 Å². The SMILES string of the molecule is N#Cc1ccc(S(=O)(=O)N2CCC(N)C2)cc1C(F)(F)F. The molecule has 1 fully saturated rings. The van der Waals surface area contributed by atoms with Crippen molar-refractivity contribution in [1.29, 1.82) is 5.26 Å². The molecule has 114 valence electrons. The maximum absolute atomic E-state index is 12.9. The van der Waals surface area contributed by atoms with Crippen molar-refractivity contribution in [3.05, 3.63) is 29.3 Å². The van der Waals surface area contributed by atoms with E-state index in [1.807, 2.05) is 0 Å². The van der Waals surface area contributed by atoms with Gasteiger partial charge >= 0.3 is 6.18 Å². The lowest BCUT2D eigenvalue weighted by atomic mass is 10.1. The van der Waals surface area contributed by atoms with E-state index in [0.717, 1.165) is 16.4 Å². The Labute approximate surface area is 119 Å². The average molecular weight is 319 g/mol. The van der Waals surface area contributed by atoms with E-state index >= 15 is 0 Å². The van der Waals surface area contributed by atoms with Gasteiger partial charge in [0.1, 0.15) is 0 Å². The molecule has 0 amide bonds. The average Bonchev–Trinajstić information content (AvgIpc) is 2.84. The van der Waals surface area contributed by atoms with Crippen LogP contribution in [0.1, 0.15) is 17.5 Å². The fourth-order valence-electron chi connectivity index (χ4n) is 2.14. The predicted octanol–water partition coefficient (Wildman–Crippen LogP) is 1.30. The van der Waals surface area contributed by atoms with Gasteiger partial charge in [-0.25, -0.2) is 8.42 Å². The summed E-state index contributed by atoms with van der Waals surface area (Å²) in [6.07, 6.45) is -4.33. The Morgan fingerprint density at radius 3 is 2.52 bits per heavy atom. The van der Waals surface area contributed by atoms with E-state index in [4.69, 9.17) is 11.0 Å². The van der Waals surface area contributed by atoms with Gasteiger partial charge in [0.25, 0.3) is 0 Å². The maximum atomic E-state index is 12.9. The Morgan fingerprint density at radius 1 is 1.38 bits per heavy atom. The highest BCUT2D eigenvalue weighted by Crippen LogP contribution is 2.34. The van der Waals surface area contributed by atoms with Gasteiger partial charge in [0, 0.05) is 19.1 Å². The number of sulfonamides is 1. The fourth-order valence-corrected chi connectivity index (χ4v) is 3.68. The molecule has 5 nitrogen and oxygen atoms in total. The van der Waals surface area contributed by atoms with Crippen molar-refractivity contribution in [3.63, 3.8) is 0 Å². The number of hydrogen-bond donors (Lipinski definition) is 1. The second kappa shape index (κ2) is 5.29. The third-order valence-corrected chi connectivity index (χ3v) is 5.10. The van der Waals surface area contributed by atoms with E-state index in [2.05, 4.69) is 0 Å². The molecular weight excluding hydrogens is 307 g/mol. The fraction of sp³-hybridized carbons (Fsp3) is 0.417. The Morgan fingerprint density at radius 2 is 2.05 bits per heavy atom. The number of nitrogens with two attached hydrogens (primary N) is 1. The van der Waals surface area contributed by atoms with Crippen molar-refractivity contribution < 1.29 is 21.6 Å². The van der Waals surface area contributed by atoms with Crippen LogP contribution < -0.4 is 5.73 Å². The van der Waals surface area contributed by atoms with Crippen LogP contribution in [0.2, 0.25) is 0 Å². The number of benzene rings is 1. The summed E-state index contributed by atoms with van der Waals surface area (Å²) in [4.78, 5) is -0.483. The third kappa shape index (κ3) is 3.02.